The average Bonchev–Trinajstić information content (AvgIpc) is 2.59. The summed E-state index contributed by atoms with van der Waals surface area (Å²) in [5, 5.41) is 20.5. The highest BCUT2D eigenvalue weighted by Gasteiger charge is 2.51. The third-order valence-electron chi connectivity index (χ3n) is 5.69. The number of aromatic hydroxyl groups is 1. The molecule has 2 atom stereocenters. The Morgan fingerprint density at radius 2 is 2.07 bits per heavy atom. The van der Waals surface area contributed by atoms with E-state index in [4.69, 9.17) is 16.3 Å². The number of benzene rings is 1. The summed E-state index contributed by atoms with van der Waals surface area (Å²) in [4.78, 5) is 24.4. The van der Waals surface area contributed by atoms with Crippen molar-refractivity contribution in [2.24, 2.45) is 5.92 Å². The van der Waals surface area contributed by atoms with Gasteiger partial charge >= 0.3 is 5.97 Å². The van der Waals surface area contributed by atoms with Gasteiger partial charge in [0.05, 0.1) is 16.5 Å². The van der Waals surface area contributed by atoms with E-state index < -0.39 is 23.3 Å². The van der Waals surface area contributed by atoms with Crippen LogP contribution in [0.5, 0.6) is 11.5 Å². The largest absolute Gasteiger partial charge is 0.507 e. The summed E-state index contributed by atoms with van der Waals surface area (Å²) in [5.41, 5.74) is 0.155. The van der Waals surface area contributed by atoms with E-state index in [-0.39, 0.29) is 17.2 Å². The second-order valence-corrected chi connectivity index (χ2v) is 8.26. The van der Waals surface area contributed by atoms with Crippen LogP contribution >= 0.6 is 11.6 Å². The Morgan fingerprint density at radius 1 is 1.37 bits per heavy atom. The summed E-state index contributed by atoms with van der Waals surface area (Å²) in [6.07, 6.45) is 5.62. The number of phenols is 1. The first kappa shape index (κ1) is 19.7. The molecular weight excluding hydrogens is 368 g/mol. The van der Waals surface area contributed by atoms with Crippen LogP contribution in [0.2, 0.25) is 5.02 Å². The van der Waals surface area contributed by atoms with Crippen LogP contribution in [0, 0.1) is 5.92 Å². The predicted octanol–water partition coefficient (Wildman–Crippen LogP) is 4.63. The topological polar surface area (TPSA) is 83.8 Å². The zero-order valence-corrected chi connectivity index (χ0v) is 16.6. The fraction of sp³-hybridized carbons (Fsp3) is 0.524. The minimum Gasteiger partial charge on any atom is -0.507 e. The maximum Gasteiger partial charge on any atom is 0.339 e. The Labute approximate surface area is 164 Å². The van der Waals surface area contributed by atoms with Crippen LogP contribution in [0.1, 0.15) is 63.5 Å². The van der Waals surface area contributed by atoms with Crippen molar-refractivity contribution in [3.8, 4) is 11.5 Å². The van der Waals surface area contributed by atoms with E-state index in [0.717, 1.165) is 24.8 Å². The number of Topliss-reactive ketones (excluding diaryl/α,β-unsaturated/α-hetero) is 1. The molecule has 0 saturated heterocycles. The van der Waals surface area contributed by atoms with E-state index in [0.29, 0.717) is 29.2 Å². The van der Waals surface area contributed by atoms with Gasteiger partial charge in [0.1, 0.15) is 17.1 Å². The minimum atomic E-state index is -1.24. The summed E-state index contributed by atoms with van der Waals surface area (Å²) in [7, 11) is 0. The van der Waals surface area contributed by atoms with Gasteiger partial charge in [0.15, 0.2) is 5.78 Å². The molecule has 1 aromatic carbocycles. The van der Waals surface area contributed by atoms with Crippen molar-refractivity contribution < 1.29 is 24.5 Å². The number of halogens is 1. The second-order valence-electron chi connectivity index (χ2n) is 7.88. The van der Waals surface area contributed by atoms with Crippen LogP contribution in [0.15, 0.2) is 17.7 Å². The first-order valence-corrected chi connectivity index (χ1v) is 9.77. The quantitative estimate of drug-likeness (QED) is 0.563. The monoisotopic (exact) mass is 392 g/mol. The van der Waals surface area contributed by atoms with E-state index in [1.165, 1.54) is 6.08 Å². The number of hydrogen-bond acceptors (Lipinski definition) is 4. The van der Waals surface area contributed by atoms with Crippen LogP contribution in [0.25, 0.3) is 0 Å². The molecule has 6 heteroatoms. The molecule has 0 saturated carbocycles. The number of ether oxygens (including phenoxy) is 1. The molecule has 27 heavy (non-hydrogen) atoms. The Bertz CT molecular complexity index is 824. The number of phenolic OH excluding ortho intramolecular Hbond substituents is 1. The molecule has 1 aromatic rings. The molecule has 3 rings (SSSR count). The number of fused-ring (bicyclic) bond motifs is 3. The zero-order chi connectivity index (χ0) is 19.9. The van der Waals surface area contributed by atoms with E-state index in [1.807, 2.05) is 13.8 Å². The lowest BCUT2D eigenvalue weighted by molar-refractivity contribution is -0.136. The molecule has 0 fully saturated rings. The molecule has 0 bridgehead atoms. The summed E-state index contributed by atoms with van der Waals surface area (Å²) in [5.74, 6) is -2.52. The van der Waals surface area contributed by atoms with Crippen molar-refractivity contribution in [1.29, 1.82) is 0 Å². The number of allylic oxidation sites excluding steroid dienone is 1. The van der Waals surface area contributed by atoms with E-state index in [9.17, 15) is 19.8 Å². The fourth-order valence-electron chi connectivity index (χ4n) is 4.21. The van der Waals surface area contributed by atoms with Crippen molar-refractivity contribution in [3.63, 3.8) is 0 Å². The van der Waals surface area contributed by atoms with Gasteiger partial charge in [-0.1, -0.05) is 37.4 Å². The van der Waals surface area contributed by atoms with Gasteiger partial charge in [0, 0.05) is 11.5 Å². The number of carbonyl (C=O) groups excluding carboxylic acids is 1. The molecule has 0 radical (unpaired) electrons. The predicted molar refractivity (Wildman–Crippen MR) is 103 cm³/mol. The molecule has 1 aliphatic carbocycles. The van der Waals surface area contributed by atoms with Crippen molar-refractivity contribution in [2.75, 3.05) is 0 Å². The van der Waals surface area contributed by atoms with Crippen LogP contribution in [0.4, 0.5) is 0 Å². The van der Waals surface area contributed by atoms with Gasteiger partial charge in [0.2, 0.25) is 0 Å². The Hall–Kier alpha value is -2.01. The number of unbranched alkanes of at least 4 members (excludes halogenated alkanes) is 2. The third-order valence-corrected chi connectivity index (χ3v) is 6.10. The number of rotatable bonds is 5. The third kappa shape index (κ3) is 3.33. The summed E-state index contributed by atoms with van der Waals surface area (Å²) >= 11 is 6.60. The van der Waals surface area contributed by atoms with Crippen LogP contribution in [-0.4, -0.2) is 27.6 Å². The molecule has 5 nitrogen and oxygen atoms in total. The standard InChI is InChI=1S/C21H25ClO5/c1-4-5-6-7-11-10-14(23)16-15-13(9-8-12(18(15)24)20(25)26)21(2,3)27-19(16)17(11)22/h8,10,13,15,23H,4-7,9H2,1-3H3,(H,25,26). The molecule has 2 unspecified atom stereocenters. The Kier molecular flexibility index (Phi) is 5.26. The van der Waals surface area contributed by atoms with Crippen LogP contribution < -0.4 is 4.74 Å². The van der Waals surface area contributed by atoms with E-state index in [1.54, 1.807) is 6.07 Å². The summed E-state index contributed by atoms with van der Waals surface area (Å²) in [6.45, 7) is 5.86. The van der Waals surface area contributed by atoms with Crippen molar-refractivity contribution in [2.45, 2.75) is 64.4 Å². The van der Waals surface area contributed by atoms with Crippen molar-refractivity contribution >= 4 is 23.4 Å². The first-order valence-electron chi connectivity index (χ1n) is 9.40. The van der Waals surface area contributed by atoms with Crippen molar-refractivity contribution in [1.82, 2.24) is 0 Å². The highest BCUT2D eigenvalue weighted by molar-refractivity contribution is 6.33. The minimum absolute atomic E-state index is 0.0496. The molecule has 0 aromatic heterocycles. The van der Waals surface area contributed by atoms with Gasteiger partial charge in [-0.3, -0.25) is 4.79 Å². The summed E-state index contributed by atoms with van der Waals surface area (Å²) < 4.78 is 6.17. The molecule has 0 amide bonds. The van der Waals surface area contributed by atoms with Gasteiger partial charge in [-0.2, -0.15) is 0 Å². The van der Waals surface area contributed by atoms with Gasteiger partial charge in [0.25, 0.3) is 0 Å². The average molecular weight is 393 g/mol. The Morgan fingerprint density at radius 3 is 2.70 bits per heavy atom. The fourth-order valence-corrected chi connectivity index (χ4v) is 4.50. The van der Waals surface area contributed by atoms with Gasteiger partial charge < -0.3 is 14.9 Å². The molecule has 1 aliphatic heterocycles. The second kappa shape index (κ2) is 7.19. The summed E-state index contributed by atoms with van der Waals surface area (Å²) in [6, 6.07) is 1.60. The van der Waals surface area contributed by atoms with Crippen molar-refractivity contribution in [3.05, 3.63) is 33.9 Å². The number of aliphatic carboxylic acids is 1. The van der Waals surface area contributed by atoms with Gasteiger partial charge in [-0.25, -0.2) is 4.79 Å². The van der Waals surface area contributed by atoms with Gasteiger partial charge in [-0.05, 0) is 44.7 Å². The number of carboxylic acid groups (broad SMARTS) is 1. The lowest BCUT2D eigenvalue weighted by Crippen LogP contribution is -2.48. The lowest BCUT2D eigenvalue weighted by atomic mass is 9.66. The highest BCUT2D eigenvalue weighted by Crippen LogP contribution is 2.55. The maximum atomic E-state index is 13.0. The van der Waals surface area contributed by atoms with Crippen LogP contribution in [-0.2, 0) is 16.0 Å². The lowest BCUT2D eigenvalue weighted by Gasteiger charge is -2.46. The van der Waals surface area contributed by atoms with Crippen LogP contribution in [0.3, 0.4) is 0 Å². The normalized spacial score (nSPS) is 23.1. The molecule has 0 spiro atoms. The highest BCUT2D eigenvalue weighted by atomic mass is 35.5. The number of ketones is 1. The Balaban J connectivity index is 2.12. The number of hydrogen-bond donors (Lipinski definition) is 2. The van der Waals surface area contributed by atoms with E-state index in [2.05, 4.69) is 6.92 Å². The number of carbonyl (C=O) groups is 2. The molecule has 2 aliphatic rings. The zero-order valence-electron chi connectivity index (χ0n) is 15.8. The maximum absolute atomic E-state index is 13.0. The molecule has 146 valence electrons. The van der Waals surface area contributed by atoms with E-state index >= 15 is 0 Å². The number of aryl methyl sites for hydroxylation is 1. The number of carboxylic acids is 1. The molecular formula is C21H25ClO5. The van der Waals surface area contributed by atoms with Gasteiger partial charge in [-0.15, -0.1) is 0 Å². The smallest absolute Gasteiger partial charge is 0.339 e. The SMILES string of the molecule is CCCCCc1cc(O)c2c(c1Cl)OC(C)(C)C1CC=C(C(=O)O)C(=O)C21. The molecule has 1 heterocycles. The first-order chi connectivity index (χ1) is 12.7. The molecule has 2 N–H and O–H groups in total.